The highest BCUT2D eigenvalue weighted by atomic mass is 35.5. The topological polar surface area (TPSA) is 46.1 Å². The van der Waals surface area contributed by atoms with Crippen molar-refractivity contribution in [2.45, 2.75) is 44.7 Å². The van der Waals surface area contributed by atoms with Crippen molar-refractivity contribution in [2.75, 3.05) is 13.1 Å². The summed E-state index contributed by atoms with van der Waals surface area (Å²) in [6, 6.07) is 28.0. The number of nitrogens with zero attached hydrogens (tertiary/aromatic N) is 1. The Morgan fingerprint density at radius 3 is 2.51 bits per heavy atom. The van der Waals surface area contributed by atoms with Gasteiger partial charge in [0.1, 0.15) is 0 Å². The number of carbonyl (C=O) groups is 1. The molecule has 1 atom stereocenters. The Kier molecular flexibility index (Phi) is 8.27. The Morgan fingerprint density at radius 2 is 1.74 bits per heavy atom. The van der Waals surface area contributed by atoms with E-state index < -0.39 is 0 Å². The first-order valence-corrected chi connectivity index (χ1v) is 12.4. The van der Waals surface area contributed by atoms with Crippen LogP contribution in [0, 0.1) is 6.92 Å². The third-order valence-electron chi connectivity index (χ3n) is 6.93. The number of rotatable bonds is 7. The van der Waals surface area contributed by atoms with E-state index >= 15 is 0 Å². The van der Waals surface area contributed by atoms with E-state index in [1.165, 1.54) is 33.2 Å². The van der Waals surface area contributed by atoms with Gasteiger partial charge in [-0.1, -0.05) is 78.4 Å². The van der Waals surface area contributed by atoms with E-state index in [0.29, 0.717) is 6.42 Å². The molecule has 182 valence electrons. The molecule has 1 unspecified atom stereocenters. The highest BCUT2D eigenvalue weighted by Gasteiger charge is 2.24. The van der Waals surface area contributed by atoms with Crippen LogP contribution >= 0.6 is 12.4 Å². The van der Waals surface area contributed by atoms with Crippen molar-refractivity contribution in [1.29, 1.82) is 0 Å². The first-order chi connectivity index (χ1) is 16.7. The summed E-state index contributed by atoms with van der Waals surface area (Å²) in [4.78, 5) is 13.2. The number of carbonyl (C=O) groups excluding carboxylic acids is 1. The first-order valence-electron chi connectivity index (χ1n) is 12.4. The second-order valence-electron chi connectivity index (χ2n) is 9.48. The maximum Gasteiger partial charge on any atom is 0.221 e. The van der Waals surface area contributed by atoms with Gasteiger partial charge in [-0.3, -0.25) is 4.79 Å². The predicted octanol–water partition coefficient (Wildman–Crippen LogP) is 5.81. The van der Waals surface area contributed by atoms with Gasteiger partial charge < -0.3 is 15.2 Å². The lowest BCUT2D eigenvalue weighted by Gasteiger charge is -2.25. The molecule has 35 heavy (non-hydrogen) atoms. The van der Waals surface area contributed by atoms with E-state index in [4.69, 9.17) is 0 Å². The molecule has 1 fully saturated rings. The lowest BCUT2D eigenvalue weighted by Crippen LogP contribution is -2.43. The van der Waals surface area contributed by atoms with E-state index in [1.807, 2.05) is 0 Å². The number of hydrogen-bond donors (Lipinski definition) is 2. The maximum atomic E-state index is 13.2. The number of benzene rings is 3. The highest BCUT2D eigenvalue weighted by molar-refractivity contribution is 5.87. The molecular weight excluding hydrogens is 454 g/mol. The van der Waals surface area contributed by atoms with Crippen molar-refractivity contribution in [3.05, 3.63) is 107 Å². The average Bonchev–Trinajstić information content (AvgIpc) is 3.22. The summed E-state index contributed by atoms with van der Waals surface area (Å²) >= 11 is 0. The Balaban J connectivity index is 0.00000289. The van der Waals surface area contributed by atoms with Crippen molar-refractivity contribution < 1.29 is 4.79 Å². The lowest BCUT2D eigenvalue weighted by molar-refractivity contribution is -0.122. The monoisotopic (exact) mass is 487 g/mol. The van der Waals surface area contributed by atoms with Crippen LogP contribution in [0.15, 0.2) is 85.1 Å². The summed E-state index contributed by atoms with van der Waals surface area (Å²) in [5, 5.41) is 7.91. The number of aromatic nitrogens is 1. The van der Waals surface area contributed by atoms with Crippen LogP contribution in [0.25, 0.3) is 10.9 Å². The summed E-state index contributed by atoms with van der Waals surface area (Å²) in [5.74, 6) is 0.141. The fourth-order valence-electron chi connectivity index (χ4n) is 5.20. The standard InChI is InChI=1S/C30H33N3O.ClH/c1-22-8-7-11-24(18-22)27(19-30(34)32-25-14-16-31-17-15-25)28-21-33(20-23-9-3-2-4-10-23)29-13-6-5-12-26(28)29;/h2-13,18,21,25,27,31H,14-17,19-20H2,1H3,(H,32,34);1H. The second-order valence-corrected chi connectivity index (χ2v) is 9.48. The van der Waals surface area contributed by atoms with E-state index in [2.05, 4.69) is 107 Å². The Morgan fingerprint density at radius 1 is 1.00 bits per heavy atom. The number of nitrogens with one attached hydrogen (secondary N) is 2. The van der Waals surface area contributed by atoms with E-state index in [9.17, 15) is 4.79 Å². The number of para-hydroxylation sites is 1. The largest absolute Gasteiger partial charge is 0.353 e. The van der Waals surface area contributed by atoms with Gasteiger partial charge in [-0.15, -0.1) is 12.4 Å². The lowest BCUT2D eigenvalue weighted by atomic mass is 9.87. The fourth-order valence-corrected chi connectivity index (χ4v) is 5.20. The Hall–Kier alpha value is -3.08. The smallest absolute Gasteiger partial charge is 0.221 e. The minimum Gasteiger partial charge on any atom is -0.353 e. The van der Waals surface area contributed by atoms with Crippen molar-refractivity contribution >= 4 is 29.2 Å². The summed E-state index contributed by atoms with van der Waals surface area (Å²) in [5.41, 5.74) is 6.11. The van der Waals surface area contributed by atoms with Crippen LogP contribution in [0.2, 0.25) is 0 Å². The number of hydrogen-bond acceptors (Lipinski definition) is 2. The molecule has 0 aliphatic carbocycles. The molecule has 0 saturated carbocycles. The van der Waals surface area contributed by atoms with E-state index in [-0.39, 0.29) is 30.3 Å². The van der Waals surface area contributed by atoms with Gasteiger partial charge in [-0.05, 0) is 55.6 Å². The van der Waals surface area contributed by atoms with Gasteiger partial charge in [0.05, 0.1) is 0 Å². The molecule has 3 aromatic carbocycles. The minimum absolute atomic E-state index is 0. The highest BCUT2D eigenvalue weighted by Crippen LogP contribution is 2.35. The van der Waals surface area contributed by atoms with Gasteiger partial charge in [0, 0.05) is 42.0 Å². The predicted molar refractivity (Wildman–Crippen MR) is 146 cm³/mol. The van der Waals surface area contributed by atoms with Crippen molar-refractivity contribution in [3.8, 4) is 0 Å². The van der Waals surface area contributed by atoms with Gasteiger partial charge in [0.25, 0.3) is 0 Å². The quantitative estimate of drug-likeness (QED) is 0.345. The molecular formula is C30H34ClN3O. The van der Waals surface area contributed by atoms with Crippen LogP contribution in [0.5, 0.6) is 0 Å². The summed E-state index contributed by atoms with van der Waals surface area (Å²) < 4.78 is 2.33. The first kappa shape index (κ1) is 25.0. The molecule has 4 nitrogen and oxygen atoms in total. The summed E-state index contributed by atoms with van der Waals surface area (Å²) in [6.45, 7) is 4.87. The molecule has 1 saturated heterocycles. The minimum atomic E-state index is 0. The normalized spacial score (nSPS) is 14.9. The van der Waals surface area contributed by atoms with E-state index in [1.54, 1.807) is 0 Å². The molecule has 0 bridgehead atoms. The molecule has 1 aliphatic heterocycles. The Labute approximate surface area is 214 Å². The molecule has 5 heteroatoms. The number of amides is 1. The number of halogens is 1. The number of fused-ring (bicyclic) bond motifs is 1. The van der Waals surface area contributed by atoms with Crippen molar-refractivity contribution in [3.63, 3.8) is 0 Å². The van der Waals surface area contributed by atoms with Gasteiger partial charge >= 0.3 is 0 Å². The molecule has 2 N–H and O–H groups in total. The average molecular weight is 488 g/mol. The van der Waals surface area contributed by atoms with E-state index in [0.717, 1.165) is 32.5 Å². The Bertz CT molecular complexity index is 1260. The number of piperidine rings is 1. The molecule has 4 aromatic rings. The molecule has 0 radical (unpaired) electrons. The number of aryl methyl sites for hydroxylation is 1. The summed E-state index contributed by atoms with van der Waals surface area (Å²) in [7, 11) is 0. The third kappa shape index (κ3) is 5.95. The van der Waals surface area contributed by atoms with Crippen molar-refractivity contribution in [2.24, 2.45) is 0 Å². The molecule has 0 spiro atoms. The molecule has 2 heterocycles. The third-order valence-corrected chi connectivity index (χ3v) is 6.93. The second kappa shape index (κ2) is 11.6. The van der Waals surface area contributed by atoms with Gasteiger partial charge in [0.2, 0.25) is 5.91 Å². The zero-order chi connectivity index (χ0) is 23.3. The molecule has 1 aliphatic rings. The zero-order valence-corrected chi connectivity index (χ0v) is 21.1. The summed E-state index contributed by atoms with van der Waals surface area (Å²) in [6.07, 6.45) is 4.71. The van der Waals surface area contributed by atoms with Gasteiger partial charge in [-0.2, -0.15) is 0 Å². The zero-order valence-electron chi connectivity index (χ0n) is 20.2. The van der Waals surface area contributed by atoms with Crippen LogP contribution in [-0.4, -0.2) is 29.6 Å². The van der Waals surface area contributed by atoms with Crippen LogP contribution in [-0.2, 0) is 11.3 Å². The van der Waals surface area contributed by atoms with Crippen LogP contribution < -0.4 is 10.6 Å². The van der Waals surface area contributed by atoms with Crippen molar-refractivity contribution in [1.82, 2.24) is 15.2 Å². The molecule has 1 amide bonds. The maximum absolute atomic E-state index is 13.2. The molecule has 5 rings (SSSR count). The van der Waals surface area contributed by atoms with Crippen LogP contribution in [0.4, 0.5) is 0 Å². The molecule has 1 aromatic heterocycles. The van der Waals surface area contributed by atoms with Gasteiger partial charge in [0.15, 0.2) is 0 Å². The van der Waals surface area contributed by atoms with Crippen LogP contribution in [0.3, 0.4) is 0 Å². The fraction of sp³-hybridized carbons (Fsp3) is 0.300. The van der Waals surface area contributed by atoms with Crippen LogP contribution in [0.1, 0.15) is 47.4 Å². The SMILES string of the molecule is Cc1cccc(C(CC(=O)NC2CCNCC2)c2cn(Cc3ccccc3)c3ccccc23)c1.Cl. The van der Waals surface area contributed by atoms with Gasteiger partial charge in [-0.25, -0.2) is 0 Å².